The number of pyridine rings is 1. The van der Waals surface area contributed by atoms with Gasteiger partial charge in [0, 0.05) is 61.7 Å². The molecule has 2 aliphatic heterocycles. The van der Waals surface area contributed by atoms with Crippen molar-refractivity contribution in [1.29, 1.82) is 0 Å². The summed E-state index contributed by atoms with van der Waals surface area (Å²) in [5.74, 6) is 0. The second kappa shape index (κ2) is 19.6. The van der Waals surface area contributed by atoms with Crippen molar-refractivity contribution < 1.29 is 0 Å². The Bertz CT molecular complexity index is 3810. The molecule has 0 saturated carbocycles. The molecule has 0 spiro atoms. The lowest BCUT2D eigenvalue weighted by Gasteiger charge is -2.45. The second-order valence-electron chi connectivity index (χ2n) is 29.5. The highest BCUT2D eigenvalue weighted by Gasteiger charge is 2.45. The minimum atomic E-state index is -0.183. The van der Waals surface area contributed by atoms with Crippen LogP contribution in [0.25, 0.3) is 44.5 Å². The summed E-state index contributed by atoms with van der Waals surface area (Å²) < 4.78 is 0. The van der Waals surface area contributed by atoms with Crippen LogP contribution in [0.4, 0.5) is 34.1 Å². The molecule has 0 unspecified atom stereocenters. The van der Waals surface area contributed by atoms with Gasteiger partial charge in [-0.3, -0.25) is 4.98 Å². The summed E-state index contributed by atoms with van der Waals surface area (Å²) in [4.78, 5) is 10.7. The van der Waals surface area contributed by atoms with Gasteiger partial charge < -0.3 is 9.80 Å². The molecule has 0 radical (unpaired) electrons. The van der Waals surface area contributed by atoms with Crippen LogP contribution in [0, 0.1) is 0 Å². The van der Waals surface area contributed by atoms with Crippen LogP contribution in [0.3, 0.4) is 0 Å². The summed E-state index contributed by atoms with van der Waals surface area (Å²) in [5, 5.41) is 0. The number of nitrogens with zero attached hydrogens (tertiary/aromatic N) is 3. The molecule has 0 fully saturated rings. The van der Waals surface area contributed by atoms with Gasteiger partial charge in [-0.1, -0.05) is 258 Å². The maximum atomic E-state index is 5.43. The number of anilines is 6. The van der Waals surface area contributed by atoms with E-state index in [1.807, 2.05) is 0 Å². The van der Waals surface area contributed by atoms with Gasteiger partial charge >= 0.3 is 0 Å². The van der Waals surface area contributed by atoms with E-state index >= 15 is 0 Å². The zero-order chi connectivity index (χ0) is 57.9. The monoisotopic (exact) mass is 1060 g/mol. The van der Waals surface area contributed by atoms with Crippen LogP contribution in [0.1, 0.15) is 158 Å². The highest BCUT2D eigenvalue weighted by Crippen LogP contribution is 2.52. The molecule has 9 aromatic rings. The smallest absolute Gasteiger partial charge is 0.252 e. The van der Waals surface area contributed by atoms with Gasteiger partial charge in [-0.15, -0.1) is 0 Å². The SMILES string of the molecule is CC(C)(C)c1cc(-c2ccc3c(c2)B2c4ccc(C(C)(C)C)cc4N(c4ccc(C(C)(C)C)cc4-c4ccccc4)c4cccc(c42)N3c2c(-c3ccccc3)cccc2-c2cc(C(C)(C)C)nc(C(C)(C)C)c2)cc(C(C)(C)C)c1. The Morgan fingerprint density at radius 2 is 0.765 bits per heavy atom. The molecule has 410 valence electrons. The fourth-order valence-corrected chi connectivity index (χ4v) is 12.1. The molecule has 0 bridgehead atoms. The predicted octanol–water partition coefficient (Wildman–Crippen LogP) is 19.6. The largest absolute Gasteiger partial charge is 0.311 e. The first-order chi connectivity index (χ1) is 38.0. The highest BCUT2D eigenvalue weighted by molar-refractivity contribution is 7.00. The first kappa shape index (κ1) is 55.5. The Hall–Kier alpha value is -7.43. The lowest BCUT2D eigenvalue weighted by molar-refractivity contribution is 0.531. The van der Waals surface area contributed by atoms with E-state index in [9.17, 15) is 0 Å². The third-order valence-electron chi connectivity index (χ3n) is 17.1. The van der Waals surface area contributed by atoms with Crippen molar-refractivity contribution in [2.75, 3.05) is 9.80 Å². The van der Waals surface area contributed by atoms with E-state index in [1.165, 1.54) is 112 Å². The first-order valence-corrected chi connectivity index (χ1v) is 29.6. The van der Waals surface area contributed by atoms with Gasteiger partial charge in [-0.05, 0) is 137 Å². The van der Waals surface area contributed by atoms with Crippen molar-refractivity contribution in [3.8, 4) is 44.5 Å². The molecule has 2 aliphatic rings. The van der Waals surface area contributed by atoms with Crippen molar-refractivity contribution in [2.24, 2.45) is 0 Å². The average Bonchev–Trinajstić information content (AvgIpc) is 3.14. The van der Waals surface area contributed by atoms with Gasteiger partial charge in [0.1, 0.15) is 0 Å². The molecule has 1 aromatic heterocycles. The van der Waals surface area contributed by atoms with Gasteiger partial charge in [0.05, 0.1) is 11.4 Å². The molecule has 0 saturated heterocycles. The number of fused-ring (bicyclic) bond motifs is 4. The number of para-hydroxylation sites is 1. The van der Waals surface area contributed by atoms with Gasteiger partial charge in [-0.2, -0.15) is 0 Å². The average molecular weight is 1060 g/mol. The van der Waals surface area contributed by atoms with E-state index in [0.717, 1.165) is 17.1 Å². The summed E-state index contributed by atoms with van der Waals surface area (Å²) in [6.07, 6.45) is 0. The lowest BCUT2D eigenvalue weighted by Crippen LogP contribution is -2.61. The van der Waals surface area contributed by atoms with E-state index in [4.69, 9.17) is 4.98 Å². The zero-order valence-corrected chi connectivity index (χ0v) is 51.7. The molecule has 4 heteroatoms. The number of hydrogen-bond acceptors (Lipinski definition) is 3. The summed E-state index contributed by atoms with van der Waals surface area (Å²) in [5.41, 5.74) is 27.4. The van der Waals surface area contributed by atoms with E-state index < -0.39 is 0 Å². The molecule has 81 heavy (non-hydrogen) atoms. The topological polar surface area (TPSA) is 19.4 Å². The maximum Gasteiger partial charge on any atom is 0.252 e. The van der Waals surface area contributed by atoms with Crippen LogP contribution in [-0.2, 0) is 32.5 Å². The summed E-state index contributed by atoms with van der Waals surface area (Å²) >= 11 is 0. The second-order valence-corrected chi connectivity index (χ2v) is 29.5. The normalized spacial score (nSPS) is 13.7. The van der Waals surface area contributed by atoms with Crippen molar-refractivity contribution >= 4 is 57.2 Å². The fraction of sp³-hybridized carbons (Fsp3) is 0.312. The van der Waals surface area contributed by atoms with Gasteiger partial charge in [-0.25, -0.2) is 0 Å². The summed E-state index contributed by atoms with van der Waals surface area (Å²) in [6.45, 7) is 41.7. The van der Waals surface area contributed by atoms with Crippen LogP contribution >= 0.6 is 0 Å². The number of aromatic nitrogens is 1. The molecular weight excluding hydrogens is 978 g/mol. The highest BCUT2D eigenvalue weighted by atomic mass is 15.2. The lowest BCUT2D eigenvalue weighted by atomic mass is 9.33. The van der Waals surface area contributed by atoms with Gasteiger partial charge in [0.2, 0.25) is 0 Å². The van der Waals surface area contributed by atoms with Crippen molar-refractivity contribution in [3.63, 3.8) is 0 Å². The Morgan fingerprint density at radius 3 is 1.31 bits per heavy atom. The van der Waals surface area contributed by atoms with Gasteiger partial charge in [0.25, 0.3) is 6.71 Å². The van der Waals surface area contributed by atoms with Crippen LogP contribution in [-0.4, -0.2) is 11.7 Å². The molecule has 0 aliphatic carbocycles. The molecule has 3 heterocycles. The third kappa shape index (κ3) is 10.3. The number of benzene rings is 8. The van der Waals surface area contributed by atoms with Crippen LogP contribution < -0.4 is 26.2 Å². The van der Waals surface area contributed by atoms with Crippen LogP contribution in [0.5, 0.6) is 0 Å². The Kier molecular flexibility index (Phi) is 13.5. The van der Waals surface area contributed by atoms with E-state index in [0.29, 0.717) is 0 Å². The van der Waals surface area contributed by atoms with Crippen LogP contribution in [0.2, 0.25) is 0 Å². The number of rotatable bonds is 6. The van der Waals surface area contributed by atoms with E-state index in [1.54, 1.807) is 0 Å². The summed E-state index contributed by atoms with van der Waals surface area (Å²) in [6, 6.07) is 70.3. The third-order valence-corrected chi connectivity index (χ3v) is 17.1. The molecule has 0 amide bonds. The first-order valence-electron chi connectivity index (χ1n) is 29.6. The minimum absolute atomic E-state index is 0.0424. The predicted molar refractivity (Wildman–Crippen MR) is 352 cm³/mol. The molecular formula is C77H84BN3. The number of hydrogen-bond donors (Lipinski definition) is 0. The fourth-order valence-electron chi connectivity index (χ4n) is 12.1. The molecule has 3 nitrogen and oxygen atoms in total. The Balaban J connectivity index is 1.30. The quantitative estimate of drug-likeness (QED) is 0.155. The molecule has 0 atom stereocenters. The Morgan fingerprint density at radius 1 is 0.284 bits per heavy atom. The summed E-state index contributed by atoms with van der Waals surface area (Å²) in [7, 11) is 0. The van der Waals surface area contributed by atoms with Gasteiger partial charge in [0.15, 0.2) is 0 Å². The van der Waals surface area contributed by atoms with Crippen molar-refractivity contribution in [2.45, 2.75) is 157 Å². The zero-order valence-electron chi connectivity index (χ0n) is 51.7. The minimum Gasteiger partial charge on any atom is -0.311 e. The molecule has 8 aromatic carbocycles. The van der Waals surface area contributed by atoms with E-state index in [2.05, 4.69) is 316 Å². The van der Waals surface area contributed by atoms with Crippen molar-refractivity contribution in [1.82, 2.24) is 4.98 Å². The molecule has 11 rings (SSSR count). The van der Waals surface area contributed by atoms with Crippen molar-refractivity contribution in [3.05, 3.63) is 216 Å². The Labute approximate surface area is 486 Å². The maximum absolute atomic E-state index is 5.43. The standard InChI is InChI=1S/C77H84BN3/c1-72(2,3)54-37-40-63(60(47-54)50-29-23-20-24-30-50)80-65-33-26-34-66-70(65)78(61-38-36-55(48-67(61)80)73(4,5)6)62-43-51(52-41-56(74(7,8)9)46-57(42-52)75(10,11)12)35-39-64(62)81(66)71-58(49-27-21-19-22-28-49)31-25-32-59(71)53-44-68(76(13,14)15)79-69(45-53)77(16,17)18/h19-48H,1-18H3. The van der Waals surface area contributed by atoms with Crippen LogP contribution in [0.15, 0.2) is 182 Å². The van der Waals surface area contributed by atoms with E-state index in [-0.39, 0.29) is 39.2 Å². The molecule has 0 N–H and O–H groups in total.